The molecule has 0 amide bonds. The Morgan fingerprint density at radius 2 is 2.00 bits per heavy atom. The minimum Gasteiger partial charge on any atom is -0.494 e. The number of sulfonamides is 1. The normalized spacial score (nSPS) is 15.6. The van der Waals surface area contributed by atoms with Gasteiger partial charge in [-0.1, -0.05) is 5.16 Å². The number of ether oxygens (including phenoxy) is 1. The van der Waals surface area contributed by atoms with Crippen molar-refractivity contribution < 1.29 is 32.0 Å². The predicted molar refractivity (Wildman–Crippen MR) is 98.7 cm³/mol. The molecule has 0 atom stereocenters. The number of hydrogen-bond acceptors (Lipinski definition) is 7. The predicted octanol–water partition coefficient (Wildman–Crippen LogP) is 1.66. The largest absolute Gasteiger partial charge is 0.494 e. The van der Waals surface area contributed by atoms with E-state index in [9.17, 15) is 22.7 Å². The summed E-state index contributed by atoms with van der Waals surface area (Å²) in [6, 6.07) is 3.86. The maximum atomic E-state index is 13.7. The van der Waals surface area contributed by atoms with Gasteiger partial charge in [-0.05, 0) is 25.1 Å². The Hall–Kier alpha value is -2.66. The number of aromatic nitrogens is 1. The molecule has 1 aromatic carbocycles. The quantitative estimate of drug-likeness (QED) is 0.761. The molecule has 1 fully saturated rings. The van der Waals surface area contributed by atoms with Crippen LogP contribution >= 0.6 is 0 Å². The first-order valence-electron chi connectivity index (χ1n) is 8.58. The Morgan fingerprint density at radius 3 is 2.57 bits per heavy atom. The molecule has 28 heavy (non-hydrogen) atoms. The lowest BCUT2D eigenvalue weighted by molar-refractivity contribution is 0.0697. The second-order valence-corrected chi connectivity index (χ2v) is 8.41. The highest BCUT2D eigenvalue weighted by Crippen LogP contribution is 2.34. The maximum Gasteiger partial charge on any atom is 0.343 e. The second-order valence-electron chi connectivity index (χ2n) is 6.15. The highest BCUT2D eigenvalue weighted by molar-refractivity contribution is 7.89. The van der Waals surface area contributed by atoms with Crippen LogP contribution in [0.25, 0.3) is 11.3 Å². The van der Waals surface area contributed by atoms with Crippen LogP contribution < -0.4 is 9.64 Å². The summed E-state index contributed by atoms with van der Waals surface area (Å²) in [4.78, 5) is 13.5. The lowest BCUT2D eigenvalue weighted by Crippen LogP contribution is -2.49. The van der Waals surface area contributed by atoms with Crippen LogP contribution in [0.2, 0.25) is 0 Å². The molecule has 0 spiro atoms. The number of methoxy groups -OCH3 is 1. The number of carboxylic acid groups (broad SMARTS) is 1. The standard InChI is InChI=1S/C17H20FN3O6S/c1-3-28(24,25)21-8-6-20(7-9-21)16-14(17(22)23)15(27-19-16)11-4-5-12(18)13(10-11)26-2/h4-5,10H,3,6-9H2,1-2H3,(H,22,23). The number of carboxylic acids is 1. The monoisotopic (exact) mass is 413 g/mol. The number of piperazine rings is 1. The molecule has 11 heteroatoms. The van der Waals surface area contributed by atoms with E-state index in [-0.39, 0.29) is 54.8 Å². The van der Waals surface area contributed by atoms with E-state index in [0.29, 0.717) is 5.56 Å². The van der Waals surface area contributed by atoms with Gasteiger partial charge in [0.25, 0.3) is 0 Å². The Balaban J connectivity index is 1.92. The van der Waals surface area contributed by atoms with Crippen LogP contribution in [0.4, 0.5) is 10.2 Å². The SMILES string of the molecule is CCS(=O)(=O)N1CCN(c2noc(-c3ccc(F)c(OC)c3)c2C(=O)O)CC1. The van der Waals surface area contributed by atoms with Crippen molar-refractivity contribution in [3.05, 3.63) is 29.6 Å². The lowest BCUT2D eigenvalue weighted by atomic mass is 10.1. The molecule has 1 saturated heterocycles. The molecule has 1 aliphatic heterocycles. The van der Waals surface area contributed by atoms with Crippen molar-refractivity contribution in [3.8, 4) is 17.1 Å². The van der Waals surface area contributed by atoms with Gasteiger partial charge < -0.3 is 19.3 Å². The summed E-state index contributed by atoms with van der Waals surface area (Å²) in [5, 5.41) is 13.6. The van der Waals surface area contributed by atoms with Crippen molar-refractivity contribution in [2.45, 2.75) is 6.92 Å². The van der Waals surface area contributed by atoms with Crippen LogP contribution in [0.3, 0.4) is 0 Å². The number of benzene rings is 1. The lowest BCUT2D eigenvalue weighted by Gasteiger charge is -2.33. The number of aromatic carboxylic acids is 1. The molecule has 1 aromatic heterocycles. The first-order valence-corrected chi connectivity index (χ1v) is 10.2. The summed E-state index contributed by atoms with van der Waals surface area (Å²) >= 11 is 0. The Morgan fingerprint density at radius 1 is 1.32 bits per heavy atom. The minimum absolute atomic E-state index is 0.00782. The number of carbonyl (C=O) groups is 1. The molecule has 0 bridgehead atoms. The first-order chi connectivity index (χ1) is 13.3. The molecule has 2 heterocycles. The minimum atomic E-state index is -3.31. The maximum absolute atomic E-state index is 13.7. The number of hydrogen-bond donors (Lipinski definition) is 1. The zero-order chi connectivity index (χ0) is 20.5. The third kappa shape index (κ3) is 3.67. The topological polar surface area (TPSA) is 113 Å². The van der Waals surface area contributed by atoms with E-state index in [2.05, 4.69) is 5.16 Å². The van der Waals surface area contributed by atoms with E-state index in [1.807, 2.05) is 0 Å². The van der Waals surface area contributed by atoms with Gasteiger partial charge in [-0.15, -0.1) is 0 Å². The van der Waals surface area contributed by atoms with Gasteiger partial charge >= 0.3 is 5.97 Å². The van der Waals surface area contributed by atoms with Crippen molar-refractivity contribution in [2.24, 2.45) is 0 Å². The van der Waals surface area contributed by atoms with Gasteiger partial charge in [-0.2, -0.15) is 4.31 Å². The third-order valence-electron chi connectivity index (χ3n) is 4.60. The van der Waals surface area contributed by atoms with Crippen LogP contribution in [0, 0.1) is 5.82 Å². The van der Waals surface area contributed by atoms with Crippen LogP contribution in [-0.2, 0) is 10.0 Å². The van der Waals surface area contributed by atoms with E-state index < -0.39 is 21.8 Å². The van der Waals surface area contributed by atoms with Gasteiger partial charge in [0.05, 0.1) is 12.9 Å². The molecule has 152 valence electrons. The first kappa shape index (κ1) is 20.1. The van der Waals surface area contributed by atoms with Gasteiger partial charge in [0.15, 0.2) is 28.7 Å². The average Bonchev–Trinajstić information content (AvgIpc) is 3.14. The molecular weight excluding hydrogens is 393 g/mol. The van der Waals surface area contributed by atoms with E-state index in [4.69, 9.17) is 9.26 Å². The molecule has 3 rings (SSSR count). The average molecular weight is 413 g/mol. The summed E-state index contributed by atoms with van der Waals surface area (Å²) in [5.41, 5.74) is 0.141. The molecule has 1 aliphatic rings. The zero-order valence-corrected chi connectivity index (χ0v) is 16.2. The van der Waals surface area contributed by atoms with Crippen LogP contribution in [0.15, 0.2) is 22.7 Å². The molecule has 0 unspecified atom stereocenters. The molecular formula is C17H20FN3O6S. The molecule has 9 nitrogen and oxygen atoms in total. The van der Waals surface area contributed by atoms with Gasteiger partial charge in [-0.25, -0.2) is 17.6 Å². The summed E-state index contributed by atoms with van der Waals surface area (Å²) in [7, 11) is -2.00. The zero-order valence-electron chi connectivity index (χ0n) is 15.4. The van der Waals surface area contributed by atoms with E-state index in [0.717, 1.165) is 6.07 Å². The van der Waals surface area contributed by atoms with E-state index in [1.165, 1.54) is 23.5 Å². The molecule has 1 N–H and O–H groups in total. The Kier molecular flexibility index (Phi) is 5.57. The highest BCUT2D eigenvalue weighted by atomic mass is 32.2. The van der Waals surface area contributed by atoms with Crippen LogP contribution in [0.1, 0.15) is 17.3 Å². The summed E-state index contributed by atoms with van der Waals surface area (Å²) in [6.45, 7) is 2.57. The Labute approximate surface area is 161 Å². The summed E-state index contributed by atoms with van der Waals surface area (Å²) in [5.74, 6) is -1.79. The number of nitrogens with zero attached hydrogens (tertiary/aromatic N) is 3. The fourth-order valence-electron chi connectivity index (χ4n) is 3.05. The summed E-state index contributed by atoms with van der Waals surface area (Å²) < 4.78 is 49.2. The fraction of sp³-hybridized carbons (Fsp3) is 0.412. The van der Waals surface area contributed by atoms with E-state index in [1.54, 1.807) is 11.8 Å². The number of rotatable bonds is 6. The molecule has 0 radical (unpaired) electrons. The third-order valence-corrected chi connectivity index (χ3v) is 6.48. The molecule has 0 aliphatic carbocycles. The smallest absolute Gasteiger partial charge is 0.343 e. The van der Waals surface area contributed by atoms with Gasteiger partial charge in [0, 0.05) is 31.7 Å². The van der Waals surface area contributed by atoms with Crippen molar-refractivity contribution in [3.63, 3.8) is 0 Å². The van der Waals surface area contributed by atoms with Crippen molar-refractivity contribution >= 4 is 21.8 Å². The number of halogens is 1. The van der Waals surface area contributed by atoms with Gasteiger partial charge in [-0.3, -0.25) is 0 Å². The van der Waals surface area contributed by atoms with Crippen molar-refractivity contribution in [1.82, 2.24) is 9.46 Å². The molecule has 2 aromatic rings. The van der Waals surface area contributed by atoms with Gasteiger partial charge in [0.2, 0.25) is 10.0 Å². The summed E-state index contributed by atoms with van der Waals surface area (Å²) in [6.07, 6.45) is 0. The van der Waals surface area contributed by atoms with E-state index >= 15 is 0 Å². The molecule has 0 saturated carbocycles. The number of anilines is 1. The van der Waals surface area contributed by atoms with Crippen molar-refractivity contribution in [1.29, 1.82) is 0 Å². The van der Waals surface area contributed by atoms with Crippen LogP contribution in [0.5, 0.6) is 5.75 Å². The fourth-order valence-corrected chi connectivity index (χ4v) is 4.13. The van der Waals surface area contributed by atoms with Gasteiger partial charge in [0.1, 0.15) is 0 Å². The second kappa shape index (κ2) is 7.76. The van der Waals surface area contributed by atoms with Crippen molar-refractivity contribution in [2.75, 3.05) is 43.9 Å². The highest BCUT2D eigenvalue weighted by Gasteiger charge is 2.32. The Bertz CT molecular complexity index is 983. The van der Waals surface area contributed by atoms with Crippen LogP contribution in [-0.4, -0.2) is 68.0 Å².